The summed E-state index contributed by atoms with van der Waals surface area (Å²) in [7, 11) is 1.59. The van der Waals surface area contributed by atoms with Crippen molar-refractivity contribution < 1.29 is 18.0 Å². The number of nitrogens with zero attached hydrogens (tertiary/aromatic N) is 1. The maximum Gasteiger partial charge on any atom is 0.272 e. The highest BCUT2D eigenvalue weighted by Crippen LogP contribution is 2.18. The van der Waals surface area contributed by atoms with Crippen molar-refractivity contribution in [1.29, 1.82) is 0 Å². The minimum Gasteiger partial charge on any atom is -0.397 e. The van der Waals surface area contributed by atoms with Gasteiger partial charge in [0.25, 0.3) is 5.91 Å². The molecule has 0 aliphatic rings. The van der Waals surface area contributed by atoms with E-state index >= 15 is 0 Å². The molecule has 0 unspecified atom stereocenters. The van der Waals surface area contributed by atoms with Crippen LogP contribution in [0.5, 0.6) is 0 Å². The number of nitrogen functional groups attached to an aromatic ring is 1. The molecule has 2 rings (SSSR count). The number of amides is 1. The van der Waals surface area contributed by atoms with Gasteiger partial charge in [-0.1, -0.05) is 0 Å². The van der Waals surface area contributed by atoms with Gasteiger partial charge in [0.15, 0.2) is 17.5 Å². The number of nitrogens with two attached hydrogens (primary N) is 1. The van der Waals surface area contributed by atoms with Gasteiger partial charge in [-0.15, -0.1) is 0 Å². The Morgan fingerprint density at radius 3 is 2.26 bits per heavy atom. The molecule has 1 heterocycles. The van der Waals surface area contributed by atoms with Gasteiger partial charge in [-0.2, -0.15) is 0 Å². The fourth-order valence-electron chi connectivity index (χ4n) is 1.64. The highest BCUT2D eigenvalue weighted by atomic mass is 19.2. The molecule has 0 saturated heterocycles. The summed E-state index contributed by atoms with van der Waals surface area (Å²) in [6.07, 6.45) is 1.51. The second-order valence-corrected chi connectivity index (χ2v) is 3.98. The van der Waals surface area contributed by atoms with Crippen LogP contribution in [0.3, 0.4) is 0 Å². The maximum atomic E-state index is 13.0. The molecule has 1 aromatic heterocycles. The molecule has 0 aliphatic heterocycles. The van der Waals surface area contributed by atoms with E-state index in [0.29, 0.717) is 17.8 Å². The number of carbonyl (C=O) groups excluding carboxylic acids is 1. The Bertz CT molecular complexity index is 629. The first kappa shape index (κ1) is 13.0. The van der Waals surface area contributed by atoms with Crippen LogP contribution < -0.4 is 11.1 Å². The minimum absolute atomic E-state index is 0.179. The van der Waals surface area contributed by atoms with Gasteiger partial charge in [-0.3, -0.25) is 4.79 Å². The molecule has 1 aromatic carbocycles. The monoisotopic (exact) mass is 269 g/mol. The van der Waals surface area contributed by atoms with Crippen molar-refractivity contribution in [2.45, 2.75) is 0 Å². The standard InChI is InChI=1S/C12H10F3N3O/c1-18-5-6(16)2-10(18)12(19)17-7-3-8(13)11(15)9(14)4-7/h2-5H,16H2,1H3,(H,17,19). The first-order valence-corrected chi connectivity index (χ1v) is 5.26. The summed E-state index contributed by atoms with van der Waals surface area (Å²) in [6.45, 7) is 0. The molecule has 0 bridgehead atoms. The predicted molar refractivity (Wildman–Crippen MR) is 64.1 cm³/mol. The summed E-state index contributed by atoms with van der Waals surface area (Å²) in [6, 6.07) is 2.80. The molecular formula is C12H10F3N3O. The Balaban J connectivity index is 2.27. The summed E-state index contributed by atoms with van der Waals surface area (Å²) in [5.41, 5.74) is 5.92. The number of anilines is 2. The molecule has 100 valence electrons. The van der Waals surface area contributed by atoms with E-state index in [0.717, 1.165) is 0 Å². The van der Waals surface area contributed by atoms with E-state index in [1.165, 1.54) is 16.8 Å². The first-order chi connectivity index (χ1) is 8.88. The highest BCUT2D eigenvalue weighted by molar-refractivity contribution is 6.03. The number of hydrogen-bond donors (Lipinski definition) is 2. The average Bonchev–Trinajstić information content (AvgIpc) is 2.65. The lowest BCUT2D eigenvalue weighted by Gasteiger charge is -2.06. The van der Waals surface area contributed by atoms with E-state index in [2.05, 4.69) is 5.32 Å². The topological polar surface area (TPSA) is 60.0 Å². The first-order valence-electron chi connectivity index (χ1n) is 5.26. The average molecular weight is 269 g/mol. The predicted octanol–water partition coefficient (Wildman–Crippen LogP) is 2.28. The van der Waals surface area contributed by atoms with Crippen LogP contribution in [0.2, 0.25) is 0 Å². The van der Waals surface area contributed by atoms with Gasteiger partial charge < -0.3 is 15.6 Å². The van der Waals surface area contributed by atoms with E-state index in [4.69, 9.17) is 5.73 Å². The van der Waals surface area contributed by atoms with Crippen molar-refractivity contribution in [1.82, 2.24) is 4.57 Å². The van der Waals surface area contributed by atoms with Crippen molar-refractivity contribution in [2.75, 3.05) is 11.1 Å². The number of hydrogen-bond acceptors (Lipinski definition) is 2. The normalized spacial score (nSPS) is 10.5. The largest absolute Gasteiger partial charge is 0.397 e. The van der Waals surface area contributed by atoms with Gasteiger partial charge in [0.05, 0.1) is 5.69 Å². The zero-order chi connectivity index (χ0) is 14.2. The molecule has 7 heteroatoms. The summed E-state index contributed by atoms with van der Waals surface area (Å²) in [5, 5.41) is 2.26. The summed E-state index contributed by atoms with van der Waals surface area (Å²) < 4.78 is 40.2. The van der Waals surface area contributed by atoms with Crippen molar-refractivity contribution in [3.8, 4) is 0 Å². The third-order valence-corrected chi connectivity index (χ3v) is 2.50. The van der Waals surface area contributed by atoms with Crippen molar-refractivity contribution in [3.63, 3.8) is 0 Å². The number of rotatable bonds is 2. The Labute approximate surface area is 106 Å². The third-order valence-electron chi connectivity index (χ3n) is 2.50. The molecule has 0 spiro atoms. The van der Waals surface area contributed by atoms with E-state index in [-0.39, 0.29) is 11.4 Å². The molecule has 3 N–H and O–H groups in total. The summed E-state index contributed by atoms with van der Waals surface area (Å²) in [4.78, 5) is 11.8. The van der Waals surface area contributed by atoms with Crippen molar-refractivity contribution in [3.05, 3.63) is 47.5 Å². The quantitative estimate of drug-likeness (QED) is 0.822. The molecule has 0 atom stereocenters. The number of nitrogens with one attached hydrogen (secondary N) is 1. The van der Waals surface area contributed by atoms with Crippen molar-refractivity contribution in [2.24, 2.45) is 7.05 Å². The lowest BCUT2D eigenvalue weighted by Crippen LogP contribution is -2.15. The van der Waals surface area contributed by atoms with Crippen LogP contribution in [0.15, 0.2) is 24.4 Å². The van der Waals surface area contributed by atoms with E-state index < -0.39 is 23.4 Å². The van der Waals surface area contributed by atoms with Crippen LogP contribution in [0, 0.1) is 17.5 Å². The van der Waals surface area contributed by atoms with Gasteiger partial charge in [0.1, 0.15) is 5.69 Å². The lowest BCUT2D eigenvalue weighted by atomic mass is 10.2. The van der Waals surface area contributed by atoms with Crippen LogP contribution >= 0.6 is 0 Å². The third kappa shape index (κ3) is 2.54. The Morgan fingerprint density at radius 2 is 1.79 bits per heavy atom. The van der Waals surface area contributed by atoms with E-state index in [1.54, 1.807) is 7.05 Å². The zero-order valence-electron chi connectivity index (χ0n) is 9.88. The van der Waals surface area contributed by atoms with Crippen LogP contribution in [0.4, 0.5) is 24.5 Å². The summed E-state index contributed by atoms with van der Waals surface area (Å²) >= 11 is 0. The summed E-state index contributed by atoms with van der Waals surface area (Å²) in [5.74, 6) is -4.94. The molecule has 2 aromatic rings. The fourth-order valence-corrected chi connectivity index (χ4v) is 1.64. The number of aromatic nitrogens is 1. The van der Waals surface area contributed by atoms with Crippen LogP contribution in [-0.2, 0) is 7.05 Å². The Morgan fingerprint density at radius 1 is 1.21 bits per heavy atom. The van der Waals surface area contributed by atoms with E-state index in [1.807, 2.05) is 0 Å². The molecule has 0 fully saturated rings. The highest BCUT2D eigenvalue weighted by Gasteiger charge is 2.15. The Hall–Kier alpha value is -2.44. The molecule has 0 aliphatic carbocycles. The van der Waals surface area contributed by atoms with Crippen LogP contribution in [0.25, 0.3) is 0 Å². The minimum atomic E-state index is -1.58. The molecule has 0 radical (unpaired) electrons. The molecule has 1 amide bonds. The maximum absolute atomic E-state index is 13.0. The fraction of sp³-hybridized carbons (Fsp3) is 0.0833. The van der Waals surface area contributed by atoms with E-state index in [9.17, 15) is 18.0 Å². The second kappa shape index (κ2) is 4.68. The van der Waals surface area contributed by atoms with Crippen LogP contribution in [0.1, 0.15) is 10.5 Å². The van der Waals surface area contributed by atoms with Gasteiger partial charge in [0.2, 0.25) is 0 Å². The zero-order valence-corrected chi connectivity index (χ0v) is 9.88. The number of halogens is 3. The molecule has 4 nitrogen and oxygen atoms in total. The second-order valence-electron chi connectivity index (χ2n) is 3.98. The molecule has 19 heavy (non-hydrogen) atoms. The SMILES string of the molecule is Cn1cc(N)cc1C(=O)Nc1cc(F)c(F)c(F)c1. The van der Waals surface area contributed by atoms with Crippen molar-refractivity contribution >= 4 is 17.3 Å². The van der Waals surface area contributed by atoms with Gasteiger partial charge in [0, 0.05) is 31.1 Å². The molecular weight excluding hydrogens is 259 g/mol. The Kier molecular flexibility index (Phi) is 3.20. The number of benzene rings is 1. The van der Waals surface area contributed by atoms with Gasteiger partial charge in [-0.05, 0) is 6.07 Å². The van der Waals surface area contributed by atoms with Crippen LogP contribution in [-0.4, -0.2) is 10.5 Å². The van der Waals surface area contributed by atoms with Gasteiger partial charge >= 0.3 is 0 Å². The number of carbonyl (C=O) groups is 1. The lowest BCUT2D eigenvalue weighted by molar-refractivity contribution is 0.101. The molecule has 0 saturated carbocycles. The number of aryl methyl sites for hydroxylation is 1. The smallest absolute Gasteiger partial charge is 0.272 e. The van der Waals surface area contributed by atoms with Gasteiger partial charge in [-0.25, -0.2) is 13.2 Å².